The smallest absolute Gasteiger partial charge is 0.318 e. The number of halogens is 4. The molecule has 5 heterocycles. The Morgan fingerprint density at radius 1 is 1.10 bits per heavy atom. The molecule has 3 aromatic rings. The van der Waals surface area contributed by atoms with Crippen LogP contribution in [0.2, 0.25) is 5.02 Å². The number of likely N-dealkylation sites (tertiary alicyclic amines) is 2. The molecule has 1 amide bonds. The molecule has 3 saturated heterocycles. The van der Waals surface area contributed by atoms with E-state index >= 15 is 0 Å². The number of nitrogens with zero attached hydrogens (tertiary/aromatic N) is 8. The summed E-state index contributed by atoms with van der Waals surface area (Å²) in [6.07, 6.45) is 2.93. The number of fused-ring (bicyclic) bond motifs is 2. The molecule has 2 aromatic carbocycles. The van der Waals surface area contributed by atoms with E-state index in [1.807, 2.05) is 41.3 Å². The predicted molar refractivity (Wildman–Crippen MR) is 186 cm³/mol. The monoisotopic (exact) mass is 708 g/mol. The average molecular weight is 709 g/mol. The third-order valence-electron chi connectivity index (χ3n) is 10.2. The van der Waals surface area contributed by atoms with Crippen molar-refractivity contribution < 1.29 is 22.7 Å². The fraction of sp³-hybridized carbons (Fsp3) is 0.500. The highest BCUT2D eigenvalue weighted by molar-refractivity contribution is 6.36. The number of hydrogen-bond acceptors (Lipinski definition) is 9. The topological polar surface area (TPSA) is 92.1 Å². The Kier molecular flexibility index (Phi) is 9.78. The van der Waals surface area contributed by atoms with E-state index in [2.05, 4.69) is 15.9 Å². The van der Waals surface area contributed by atoms with Gasteiger partial charge in [0.2, 0.25) is 5.91 Å². The van der Waals surface area contributed by atoms with Crippen molar-refractivity contribution >= 4 is 39.8 Å². The minimum Gasteiger partial charge on any atom is -0.462 e. The number of nitriles is 1. The highest BCUT2D eigenvalue weighted by atomic mass is 35.5. The minimum atomic E-state index is -2.78. The Morgan fingerprint density at radius 3 is 2.64 bits per heavy atom. The number of carbonyl (C=O) groups excluding carboxylic acids is 1. The number of hydrogen-bond donors (Lipinski definition) is 0. The molecule has 0 bridgehead atoms. The second-order valence-corrected chi connectivity index (χ2v) is 14.1. The number of likely N-dealkylation sites (N-methyl/N-ethyl adjacent to an activating group) is 1. The summed E-state index contributed by atoms with van der Waals surface area (Å²) >= 11 is 6.69. The standard InChI is InChI=1S/C36H40ClF3N8O2/c1-44-23-36(39,40)17-27(44)22-50-35-42-30-21-46(31-8-3-6-24-5-2-7-29(37)33(24)31)14-11-28(30)34(43-35)47-15-16-48(26(20-47)10-12-41)32(49)9-4-13-45-18-25(38)19-45/h2-9,25-27H,10-11,13-23H2,1H3/b9-4+/t26-,27-/m0/s1. The zero-order chi connectivity index (χ0) is 35.0. The molecule has 0 N–H and O–H groups in total. The zero-order valence-electron chi connectivity index (χ0n) is 27.9. The number of piperazine rings is 1. The SMILES string of the molecule is CN1CC(F)(F)C[C@H]1COc1nc2c(c(N3CCN(C(=O)/C=C/CN4CC(F)C4)[C@@H](CC#N)C3)n1)CCN(c1cccc3cccc(Cl)c13)C2. The first kappa shape index (κ1) is 34.3. The first-order chi connectivity index (χ1) is 24.1. The Balaban J connectivity index is 1.15. The highest BCUT2D eigenvalue weighted by Crippen LogP contribution is 2.38. The number of amides is 1. The van der Waals surface area contributed by atoms with Crippen LogP contribution in [0.25, 0.3) is 10.8 Å². The van der Waals surface area contributed by atoms with Crippen molar-refractivity contribution in [3.63, 3.8) is 0 Å². The van der Waals surface area contributed by atoms with Gasteiger partial charge in [0.25, 0.3) is 5.92 Å². The summed E-state index contributed by atoms with van der Waals surface area (Å²) in [5.41, 5.74) is 2.72. The van der Waals surface area contributed by atoms with E-state index < -0.39 is 18.1 Å². The summed E-state index contributed by atoms with van der Waals surface area (Å²) < 4.78 is 47.6. The lowest BCUT2D eigenvalue weighted by Crippen LogP contribution is -2.55. The maximum absolute atomic E-state index is 14.2. The van der Waals surface area contributed by atoms with Crippen molar-refractivity contribution in [3.05, 3.63) is 64.8 Å². The van der Waals surface area contributed by atoms with Gasteiger partial charge in [0.1, 0.15) is 18.6 Å². The first-order valence-electron chi connectivity index (χ1n) is 17.1. The summed E-state index contributed by atoms with van der Waals surface area (Å²) in [5.74, 6) is -2.29. The molecule has 0 spiro atoms. The normalized spacial score (nSPS) is 22.9. The van der Waals surface area contributed by atoms with Gasteiger partial charge in [-0.25, -0.2) is 13.2 Å². The lowest BCUT2D eigenvalue weighted by Gasteiger charge is -2.42. The van der Waals surface area contributed by atoms with Gasteiger partial charge >= 0.3 is 6.01 Å². The maximum Gasteiger partial charge on any atom is 0.318 e. The summed E-state index contributed by atoms with van der Waals surface area (Å²) in [6, 6.07) is 13.4. The molecular formula is C36H40ClF3N8O2. The van der Waals surface area contributed by atoms with Gasteiger partial charge in [0, 0.05) is 81.0 Å². The Morgan fingerprint density at radius 2 is 1.90 bits per heavy atom. The van der Waals surface area contributed by atoms with E-state index in [9.17, 15) is 23.2 Å². The quantitative estimate of drug-likeness (QED) is 0.294. The molecule has 0 saturated carbocycles. The molecule has 3 fully saturated rings. The molecule has 4 aliphatic heterocycles. The van der Waals surface area contributed by atoms with Crippen molar-refractivity contribution in [3.8, 4) is 12.1 Å². The van der Waals surface area contributed by atoms with Crippen LogP contribution in [0.4, 0.5) is 24.7 Å². The van der Waals surface area contributed by atoms with Crippen LogP contribution in [0.1, 0.15) is 24.1 Å². The van der Waals surface area contributed by atoms with Gasteiger partial charge in [-0.05, 0) is 31.0 Å². The molecule has 0 radical (unpaired) electrons. The van der Waals surface area contributed by atoms with E-state index in [0.717, 1.165) is 27.7 Å². The molecule has 0 unspecified atom stereocenters. The fourth-order valence-electron chi connectivity index (χ4n) is 7.55. The number of rotatable bonds is 9. The third-order valence-corrected chi connectivity index (χ3v) is 10.5. The molecule has 264 valence electrons. The van der Waals surface area contributed by atoms with Crippen LogP contribution in [0.15, 0.2) is 48.6 Å². The molecule has 4 aliphatic rings. The average Bonchev–Trinajstić information content (AvgIpc) is 3.36. The van der Waals surface area contributed by atoms with Crippen molar-refractivity contribution in [2.45, 2.75) is 50.0 Å². The molecule has 1 aromatic heterocycles. The maximum atomic E-state index is 14.2. The molecular weight excluding hydrogens is 669 g/mol. The van der Waals surface area contributed by atoms with E-state index in [1.54, 1.807) is 22.9 Å². The largest absolute Gasteiger partial charge is 0.462 e. The van der Waals surface area contributed by atoms with E-state index in [-0.39, 0.29) is 44.0 Å². The number of ether oxygens (including phenoxy) is 1. The van der Waals surface area contributed by atoms with Crippen LogP contribution >= 0.6 is 11.6 Å². The van der Waals surface area contributed by atoms with Crippen LogP contribution in [-0.2, 0) is 17.8 Å². The van der Waals surface area contributed by atoms with Crippen LogP contribution < -0.4 is 14.5 Å². The second kappa shape index (κ2) is 14.2. The zero-order valence-corrected chi connectivity index (χ0v) is 28.7. The van der Waals surface area contributed by atoms with E-state index in [0.29, 0.717) is 69.6 Å². The van der Waals surface area contributed by atoms with Crippen molar-refractivity contribution in [2.24, 2.45) is 0 Å². The van der Waals surface area contributed by atoms with E-state index in [4.69, 9.17) is 26.3 Å². The number of anilines is 2. The van der Waals surface area contributed by atoms with Crippen molar-refractivity contribution in [2.75, 3.05) is 75.8 Å². The fourth-order valence-corrected chi connectivity index (χ4v) is 7.83. The van der Waals surface area contributed by atoms with E-state index in [1.165, 1.54) is 6.08 Å². The van der Waals surface area contributed by atoms with Crippen LogP contribution in [-0.4, -0.2) is 121 Å². The van der Waals surface area contributed by atoms with Crippen LogP contribution in [0.5, 0.6) is 6.01 Å². The lowest BCUT2D eigenvalue weighted by atomic mass is 10.0. The Bertz CT molecular complexity index is 1810. The van der Waals surface area contributed by atoms with Crippen LogP contribution in [0.3, 0.4) is 0 Å². The summed E-state index contributed by atoms with van der Waals surface area (Å²) in [4.78, 5) is 32.5. The number of carbonyl (C=O) groups is 1. The number of benzene rings is 2. The van der Waals surface area contributed by atoms with Gasteiger partial charge in [-0.15, -0.1) is 0 Å². The first-order valence-corrected chi connectivity index (χ1v) is 17.4. The molecule has 7 rings (SSSR count). The van der Waals surface area contributed by atoms with Crippen LogP contribution in [0, 0.1) is 11.3 Å². The van der Waals surface area contributed by atoms with Gasteiger partial charge in [-0.2, -0.15) is 15.2 Å². The molecule has 2 atom stereocenters. The van der Waals surface area contributed by atoms with Gasteiger partial charge in [0.05, 0.1) is 42.3 Å². The molecule has 10 nitrogen and oxygen atoms in total. The number of alkyl halides is 3. The Labute approximate surface area is 294 Å². The molecule has 14 heteroatoms. The minimum absolute atomic E-state index is 0.0159. The lowest BCUT2D eigenvalue weighted by molar-refractivity contribution is -0.128. The molecule has 0 aliphatic carbocycles. The predicted octanol–water partition coefficient (Wildman–Crippen LogP) is 4.70. The summed E-state index contributed by atoms with van der Waals surface area (Å²) in [7, 11) is 1.66. The molecule has 50 heavy (non-hydrogen) atoms. The summed E-state index contributed by atoms with van der Waals surface area (Å²) in [5, 5.41) is 12.4. The third kappa shape index (κ3) is 7.20. The number of aromatic nitrogens is 2. The second-order valence-electron chi connectivity index (χ2n) is 13.7. The van der Waals surface area contributed by atoms with Crippen molar-refractivity contribution in [1.82, 2.24) is 24.7 Å². The highest BCUT2D eigenvalue weighted by Gasteiger charge is 2.43. The van der Waals surface area contributed by atoms with Gasteiger partial charge < -0.3 is 19.4 Å². The van der Waals surface area contributed by atoms with Crippen molar-refractivity contribution in [1.29, 1.82) is 5.26 Å². The van der Waals surface area contributed by atoms with Gasteiger partial charge in [-0.1, -0.05) is 41.9 Å². The van der Waals surface area contributed by atoms with Gasteiger partial charge in [0.15, 0.2) is 0 Å². The summed E-state index contributed by atoms with van der Waals surface area (Å²) in [6.45, 7) is 3.31. The Hall–Kier alpha value is -4.12. The van der Waals surface area contributed by atoms with Gasteiger partial charge in [-0.3, -0.25) is 14.6 Å².